The van der Waals surface area contributed by atoms with Gasteiger partial charge < -0.3 is 14.3 Å². The van der Waals surface area contributed by atoms with Gasteiger partial charge in [0.15, 0.2) is 0 Å². The van der Waals surface area contributed by atoms with Crippen LogP contribution in [-0.4, -0.2) is 22.7 Å². The van der Waals surface area contributed by atoms with E-state index in [1.165, 1.54) is 11.1 Å². The third kappa shape index (κ3) is 6.83. The van der Waals surface area contributed by atoms with Crippen LogP contribution in [0.2, 0.25) is 0 Å². The van der Waals surface area contributed by atoms with Gasteiger partial charge in [-0.1, -0.05) is 63.3 Å². The third-order valence-corrected chi connectivity index (χ3v) is 6.91. The van der Waals surface area contributed by atoms with Crippen molar-refractivity contribution in [3.05, 3.63) is 88.7 Å². The second-order valence-electron chi connectivity index (χ2n) is 9.29. The summed E-state index contributed by atoms with van der Waals surface area (Å²) in [4.78, 5) is 16.2. The first kappa shape index (κ1) is 29.0. The van der Waals surface area contributed by atoms with Crippen LogP contribution in [-0.2, 0) is 24.1 Å². The average Bonchev–Trinajstić information content (AvgIpc) is 3.50. The molecule has 0 amide bonds. The Labute approximate surface area is 227 Å². The Bertz CT molecular complexity index is 1280. The molecule has 5 nitrogen and oxygen atoms in total. The minimum Gasteiger partial charge on any atom is -0.493 e. The zero-order valence-corrected chi connectivity index (χ0v) is 23.6. The van der Waals surface area contributed by atoms with Crippen LogP contribution >= 0.6 is 0 Å². The van der Waals surface area contributed by atoms with Crippen molar-refractivity contribution in [2.24, 2.45) is 0 Å². The molecule has 202 valence electrons. The predicted octanol–water partition coefficient (Wildman–Crippen LogP) is 8.34. The number of hydrogen-bond donors (Lipinski definition) is 1. The summed E-state index contributed by atoms with van der Waals surface area (Å²) < 4.78 is 12.1. The number of hydrogen-bond acceptors (Lipinski definition) is 4. The maximum absolute atomic E-state index is 11.5. The molecule has 1 aliphatic rings. The fraction of sp³-hybridized carbons (Fsp3) is 0.394. The van der Waals surface area contributed by atoms with E-state index >= 15 is 0 Å². The SMILES string of the molecule is C/C=C\C(=C/C)c1nc(CCOc2cc3c(c(-c4ccc(CC)cc4)c2)C(CC(=O)O)CC3)c(C)o1.CC. The second-order valence-corrected chi connectivity index (χ2v) is 9.29. The Morgan fingerprint density at radius 1 is 1.18 bits per heavy atom. The molecular formula is C33H41NO4. The number of aromatic nitrogens is 1. The Hall–Kier alpha value is -3.60. The quantitative estimate of drug-likeness (QED) is 0.275. The number of rotatable bonds is 10. The number of nitrogens with zero attached hydrogens (tertiary/aromatic N) is 1. The van der Waals surface area contributed by atoms with Crippen molar-refractivity contribution in [3.8, 4) is 16.9 Å². The second kappa shape index (κ2) is 13.8. The summed E-state index contributed by atoms with van der Waals surface area (Å²) in [6.07, 6.45) is 9.45. The van der Waals surface area contributed by atoms with E-state index in [0.29, 0.717) is 18.9 Å². The fourth-order valence-electron chi connectivity index (χ4n) is 5.02. The molecule has 1 heterocycles. The van der Waals surface area contributed by atoms with Crippen LogP contribution in [0, 0.1) is 6.92 Å². The van der Waals surface area contributed by atoms with E-state index in [1.54, 1.807) is 0 Å². The molecule has 0 spiro atoms. The Balaban J connectivity index is 0.00000195. The first-order chi connectivity index (χ1) is 18.4. The highest BCUT2D eigenvalue weighted by Crippen LogP contribution is 2.44. The van der Waals surface area contributed by atoms with Gasteiger partial charge in [0.1, 0.15) is 11.5 Å². The first-order valence-corrected chi connectivity index (χ1v) is 13.8. The number of carboxylic acid groups (broad SMARTS) is 1. The van der Waals surface area contributed by atoms with Gasteiger partial charge >= 0.3 is 5.97 Å². The molecule has 0 saturated heterocycles. The molecule has 1 atom stereocenters. The number of carboxylic acids is 1. The van der Waals surface area contributed by atoms with Gasteiger partial charge in [0, 0.05) is 12.0 Å². The van der Waals surface area contributed by atoms with E-state index < -0.39 is 5.97 Å². The van der Waals surface area contributed by atoms with Crippen molar-refractivity contribution in [1.82, 2.24) is 4.98 Å². The minimum atomic E-state index is -0.752. The zero-order chi connectivity index (χ0) is 27.7. The van der Waals surface area contributed by atoms with Crippen molar-refractivity contribution >= 4 is 11.5 Å². The Kier molecular flexibility index (Phi) is 10.5. The van der Waals surface area contributed by atoms with Crippen LogP contribution in [0.3, 0.4) is 0 Å². The van der Waals surface area contributed by atoms with Gasteiger partial charge in [-0.3, -0.25) is 4.79 Å². The molecule has 0 aliphatic heterocycles. The molecule has 5 heteroatoms. The molecule has 1 unspecified atom stereocenters. The zero-order valence-electron chi connectivity index (χ0n) is 23.6. The lowest BCUT2D eigenvalue weighted by Gasteiger charge is -2.17. The summed E-state index contributed by atoms with van der Waals surface area (Å²) in [7, 11) is 0. The molecule has 38 heavy (non-hydrogen) atoms. The number of benzene rings is 2. The van der Waals surface area contributed by atoms with Crippen molar-refractivity contribution in [2.75, 3.05) is 6.61 Å². The minimum absolute atomic E-state index is 0.0292. The number of oxazole rings is 1. The van der Waals surface area contributed by atoms with E-state index in [1.807, 2.05) is 52.8 Å². The number of carbonyl (C=O) groups is 1. The summed E-state index contributed by atoms with van der Waals surface area (Å²) in [6, 6.07) is 12.7. The molecule has 0 bridgehead atoms. The number of aryl methyl sites for hydroxylation is 3. The number of allylic oxidation sites excluding steroid dienone is 4. The van der Waals surface area contributed by atoms with Crippen molar-refractivity contribution in [2.45, 2.75) is 79.6 Å². The summed E-state index contributed by atoms with van der Waals surface area (Å²) in [5.41, 5.74) is 7.67. The van der Waals surface area contributed by atoms with Gasteiger partial charge in [-0.05, 0) is 85.9 Å². The largest absolute Gasteiger partial charge is 0.493 e. The average molecular weight is 516 g/mol. The normalized spacial score (nSPS) is 14.8. The van der Waals surface area contributed by atoms with Crippen LogP contribution in [0.15, 0.2) is 59.0 Å². The lowest BCUT2D eigenvalue weighted by atomic mass is 9.89. The van der Waals surface area contributed by atoms with Crippen LogP contribution in [0.1, 0.15) is 87.4 Å². The van der Waals surface area contributed by atoms with E-state index in [0.717, 1.165) is 58.7 Å². The van der Waals surface area contributed by atoms with Gasteiger partial charge in [0.2, 0.25) is 5.89 Å². The van der Waals surface area contributed by atoms with Crippen molar-refractivity contribution < 1.29 is 19.1 Å². The first-order valence-electron chi connectivity index (χ1n) is 13.8. The fourth-order valence-corrected chi connectivity index (χ4v) is 5.02. The molecule has 0 fully saturated rings. The molecule has 1 aliphatic carbocycles. The van der Waals surface area contributed by atoms with E-state index in [2.05, 4.69) is 48.3 Å². The molecule has 3 aromatic rings. The molecule has 1 N–H and O–H groups in total. The number of fused-ring (bicyclic) bond motifs is 1. The predicted molar refractivity (Wildman–Crippen MR) is 155 cm³/mol. The van der Waals surface area contributed by atoms with Gasteiger partial charge in [0.05, 0.1) is 18.7 Å². The van der Waals surface area contributed by atoms with Crippen LogP contribution in [0.5, 0.6) is 5.75 Å². The molecule has 0 radical (unpaired) electrons. The van der Waals surface area contributed by atoms with Gasteiger partial charge in [-0.15, -0.1) is 0 Å². The van der Waals surface area contributed by atoms with E-state index in [9.17, 15) is 9.90 Å². The van der Waals surface area contributed by atoms with Crippen molar-refractivity contribution in [3.63, 3.8) is 0 Å². The summed E-state index contributed by atoms with van der Waals surface area (Å²) in [5, 5.41) is 9.47. The number of aliphatic carboxylic acids is 1. The van der Waals surface area contributed by atoms with Gasteiger partial charge in [0.25, 0.3) is 0 Å². The van der Waals surface area contributed by atoms with Gasteiger partial charge in [-0.2, -0.15) is 0 Å². The Morgan fingerprint density at radius 3 is 2.55 bits per heavy atom. The highest BCUT2D eigenvalue weighted by atomic mass is 16.5. The molecule has 0 saturated carbocycles. The smallest absolute Gasteiger partial charge is 0.303 e. The Morgan fingerprint density at radius 2 is 1.92 bits per heavy atom. The lowest BCUT2D eigenvalue weighted by molar-refractivity contribution is -0.137. The molecular weight excluding hydrogens is 474 g/mol. The summed E-state index contributed by atoms with van der Waals surface area (Å²) in [6.45, 7) is 12.5. The monoisotopic (exact) mass is 515 g/mol. The highest BCUT2D eigenvalue weighted by Gasteiger charge is 2.29. The van der Waals surface area contributed by atoms with Crippen LogP contribution in [0.4, 0.5) is 0 Å². The standard InChI is InChI=1S/C31H35NO4.C2H6/c1-5-8-22(7-3)31-32-28(20(4)36-31)15-16-35-26-17-24-13-14-25(18-29(33)34)30(24)27(19-26)23-11-9-21(6-2)10-12-23;1-2/h5,7-12,17,19,25H,6,13-16,18H2,1-4H3,(H,33,34);1-2H3/b8-5-,22-7+;. The molecule has 2 aromatic carbocycles. The maximum Gasteiger partial charge on any atom is 0.303 e. The topological polar surface area (TPSA) is 72.6 Å². The maximum atomic E-state index is 11.5. The van der Waals surface area contributed by atoms with Crippen LogP contribution in [0.25, 0.3) is 16.7 Å². The summed E-state index contributed by atoms with van der Waals surface area (Å²) >= 11 is 0. The van der Waals surface area contributed by atoms with Crippen molar-refractivity contribution in [1.29, 1.82) is 0 Å². The molecule has 1 aromatic heterocycles. The third-order valence-electron chi connectivity index (χ3n) is 6.91. The van der Waals surface area contributed by atoms with E-state index in [4.69, 9.17) is 9.15 Å². The number of ether oxygens (including phenoxy) is 1. The van der Waals surface area contributed by atoms with E-state index in [-0.39, 0.29) is 12.3 Å². The lowest BCUT2D eigenvalue weighted by Crippen LogP contribution is -2.06. The highest BCUT2D eigenvalue weighted by molar-refractivity contribution is 5.75. The van der Waals surface area contributed by atoms with Crippen LogP contribution < -0.4 is 4.74 Å². The molecule has 4 rings (SSSR count). The summed E-state index contributed by atoms with van der Waals surface area (Å²) in [5.74, 6) is 1.52. The van der Waals surface area contributed by atoms with Gasteiger partial charge in [-0.25, -0.2) is 4.98 Å².